The average molecular weight is 339 g/mol. The van der Waals surface area contributed by atoms with E-state index in [0.717, 1.165) is 15.2 Å². The summed E-state index contributed by atoms with van der Waals surface area (Å²) in [6.07, 6.45) is 0.0169. The summed E-state index contributed by atoms with van der Waals surface area (Å²) in [4.78, 5) is 11.2. The van der Waals surface area contributed by atoms with Crippen LogP contribution >= 0.6 is 15.9 Å². The number of halogens is 1. The van der Waals surface area contributed by atoms with Gasteiger partial charge in [0.05, 0.1) is 24.2 Å². The molecule has 0 aliphatic heterocycles. The predicted octanol–water partition coefficient (Wildman–Crippen LogP) is 4.10. The van der Waals surface area contributed by atoms with E-state index >= 15 is 0 Å². The first-order valence-corrected chi connectivity index (χ1v) is 6.93. The molecule has 0 saturated carbocycles. The number of rotatable bonds is 4. The molecule has 0 aliphatic rings. The zero-order valence-corrected chi connectivity index (χ0v) is 13.0. The maximum Gasteiger partial charge on any atom is 0.335 e. The Kier molecular flexibility index (Phi) is 4.18. The van der Waals surface area contributed by atoms with Crippen LogP contribution in [0.15, 0.2) is 28.7 Å². The summed E-state index contributed by atoms with van der Waals surface area (Å²) in [5.74, 6) is 0.163. The van der Waals surface area contributed by atoms with Gasteiger partial charge in [0.1, 0.15) is 11.5 Å². The van der Waals surface area contributed by atoms with Crippen molar-refractivity contribution in [2.75, 3.05) is 7.11 Å². The molecule has 4 nitrogen and oxygen atoms in total. The molecule has 2 rings (SSSR count). The van der Waals surface area contributed by atoms with E-state index in [1.54, 1.807) is 6.07 Å². The first-order valence-electron chi connectivity index (χ1n) is 6.14. The molecule has 0 aromatic heterocycles. The first-order chi connectivity index (χ1) is 9.43. The fourth-order valence-corrected chi connectivity index (χ4v) is 2.46. The van der Waals surface area contributed by atoms with Crippen molar-refractivity contribution in [3.63, 3.8) is 0 Å². The number of carbonyl (C=O) groups is 1. The standard InChI is InChI=1S/C15H15BrO4/c1-8(2)20-12-5-4-11(16)10-6-9(15(17)18)7-13(19-3)14(10)12/h4-8H,1-3H3,(H,17,18). The van der Waals surface area contributed by atoms with Gasteiger partial charge in [-0.05, 0) is 38.1 Å². The molecule has 0 atom stereocenters. The molecule has 20 heavy (non-hydrogen) atoms. The van der Waals surface area contributed by atoms with E-state index in [1.165, 1.54) is 13.2 Å². The number of carboxylic acids is 1. The topological polar surface area (TPSA) is 55.8 Å². The second-order valence-electron chi connectivity index (χ2n) is 4.62. The van der Waals surface area contributed by atoms with Gasteiger partial charge in [0.2, 0.25) is 0 Å². The van der Waals surface area contributed by atoms with Crippen LogP contribution in [0, 0.1) is 0 Å². The molecule has 2 aromatic rings. The van der Waals surface area contributed by atoms with E-state index in [-0.39, 0.29) is 11.7 Å². The molecular formula is C15H15BrO4. The van der Waals surface area contributed by atoms with Crippen LogP contribution in [0.25, 0.3) is 10.8 Å². The van der Waals surface area contributed by atoms with Crippen molar-refractivity contribution in [3.8, 4) is 11.5 Å². The van der Waals surface area contributed by atoms with Gasteiger partial charge in [0.15, 0.2) is 0 Å². The maximum absolute atomic E-state index is 11.2. The third-order valence-corrected chi connectivity index (χ3v) is 3.51. The molecule has 0 aliphatic carbocycles. The van der Waals surface area contributed by atoms with Crippen molar-refractivity contribution in [2.24, 2.45) is 0 Å². The zero-order valence-electron chi connectivity index (χ0n) is 11.4. The highest BCUT2D eigenvalue weighted by molar-refractivity contribution is 9.10. The molecule has 1 N–H and O–H groups in total. The van der Waals surface area contributed by atoms with Crippen molar-refractivity contribution in [1.82, 2.24) is 0 Å². The molecule has 0 fully saturated rings. The Morgan fingerprint density at radius 1 is 1.25 bits per heavy atom. The normalized spacial score (nSPS) is 10.8. The summed E-state index contributed by atoms with van der Waals surface area (Å²) < 4.78 is 11.9. The minimum absolute atomic E-state index is 0.0169. The predicted molar refractivity (Wildman–Crippen MR) is 80.9 cm³/mol. The Bertz CT molecular complexity index is 664. The Balaban J connectivity index is 2.80. The third kappa shape index (κ3) is 2.72. The van der Waals surface area contributed by atoms with E-state index < -0.39 is 5.97 Å². The Morgan fingerprint density at radius 2 is 1.95 bits per heavy atom. The summed E-state index contributed by atoms with van der Waals surface area (Å²) in [7, 11) is 1.51. The first kappa shape index (κ1) is 14.7. The molecule has 0 radical (unpaired) electrons. The number of aromatic carboxylic acids is 1. The van der Waals surface area contributed by atoms with E-state index in [4.69, 9.17) is 14.6 Å². The smallest absolute Gasteiger partial charge is 0.335 e. The number of ether oxygens (including phenoxy) is 2. The highest BCUT2D eigenvalue weighted by Gasteiger charge is 2.16. The van der Waals surface area contributed by atoms with Crippen LogP contribution in [0.4, 0.5) is 0 Å². The van der Waals surface area contributed by atoms with Crippen LogP contribution in [0.2, 0.25) is 0 Å². The lowest BCUT2D eigenvalue weighted by Crippen LogP contribution is -2.06. The van der Waals surface area contributed by atoms with Crippen LogP contribution in [0.1, 0.15) is 24.2 Å². The van der Waals surface area contributed by atoms with Gasteiger partial charge in [-0.15, -0.1) is 0 Å². The summed E-state index contributed by atoms with van der Waals surface area (Å²) >= 11 is 3.44. The molecule has 106 valence electrons. The van der Waals surface area contributed by atoms with Crippen molar-refractivity contribution in [3.05, 3.63) is 34.3 Å². The highest BCUT2D eigenvalue weighted by Crippen LogP contribution is 2.39. The Labute approximate surface area is 125 Å². The van der Waals surface area contributed by atoms with E-state index in [9.17, 15) is 4.79 Å². The fourth-order valence-electron chi connectivity index (χ4n) is 2.02. The fraction of sp³-hybridized carbons (Fsp3) is 0.267. The van der Waals surface area contributed by atoms with Crippen LogP contribution in [-0.4, -0.2) is 24.3 Å². The molecule has 0 unspecified atom stereocenters. The van der Waals surface area contributed by atoms with Gasteiger partial charge in [0.25, 0.3) is 0 Å². The SMILES string of the molecule is COc1cc(C(=O)O)cc2c(Br)ccc(OC(C)C)c12. The Morgan fingerprint density at radius 3 is 2.50 bits per heavy atom. The number of hydrogen-bond donors (Lipinski definition) is 1. The second kappa shape index (κ2) is 5.71. The number of fused-ring (bicyclic) bond motifs is 1. The minimum Gasteiger partial charge on any atom is -0.496 e. The number of carboxylic acid groups (broad SMARTS) is 1. The molecule has 0 amide bonds. The summed E-state index contributed by atoms with van der Waals surface area (Å²) in [6, 6.07) is 6.79. The van der Waals surface area contributed by atoms with Gasteiger partial charge in [-0.2, -0.15) is 0 Å². The van der Waals surface area contributed by atoms with Crippen molar-refractivity contribution in [2.45, 2.75) is 20.0 Å². The molecular weight excluding hydrogens is 324 g/mol. The van der Waals surface area contributed by atoms with Crippen LogP contribution in [0.5, 0.6) is 11.5 Å². The second-order valence-corrected chi connectivity index (χ2v) is 5.47. The van der Waals surface area contributed by atoms with Crippen LogP contribution < -0.4 is 9.47 Å². The highest BCUT2D eigenvalue weighted by atomic mass is 79.9. The minimum atomic E-state index is -0.993. The lowest BCUT2D eigenvalue weighted by molar-refractivity contribution is 0.0696. The summed E-state index contributed by atoms with van der Waals surface area (Å²) in [5.41, 5.74) is 0.178. The lowest BCUT2D eigenvalue weighted by atomic mass is 10.0. The summed E-state index contributed by atoms with van der Waals surface area (Å²) in [6.45, 7) is 3.87. The molecule has 0 bridgehead atoms. The Hall–Kier alpha value is -1.75. The molecule has 5 heteroatoms. The van der Waals surface area contributed by atoms with Gasteiger partial charge in [0, 0.05) is 9.86 Å². The summed E-state index contributed by atoms with van der Waals surface area (Å²) in [5, 5.41) is 10.7. The van der Waals surface area contributed by atoms with Crippen LogP contribution in [-0.2, 0) is 0 Å². The van der Waals surface area contributed by atoms with Crippen molar-refractivity contribution < 1.29 is 19.4 Å². The third-order valence-electron chi connectivity index (χ3n) is 2.82. The average Bonchev–Trinajstić information content (AvgIpc) is 2.40. The number of methoxy groups -OCH3 is 1. The number of hydrogen-bond acceptors (Lipinski definition) is 3. The van der Waals surface area contributed by atoms with Crippen molar-refractivity contribution in [1.29, 1.82) is 0 Å². The molecule has 2 aromatic carbocycles. The van der Waals surface area contributed by atoms with E-state index in [0.29, 0.717) is 11.5 Å². The lowest BCUT2D eigenvalue weighted by Gasteiger charge is -2.16. The van der Waals surface area contributed by atoms with Gasteiger partial charge in [-0.3, -0.25) is 0 Å². The van der Waals surface area contributed by atoms with Crippen molar-refractivity contribution >= 4 is 32.7 Å². The number of benzene rings is 2. The van der Waals surface area contributed by atoms with E-state index in [2.05, 4.69) is 15.9 Å². The van der Waals surface area contributed by atoms with E-state index in [1.807, 2.05) is 26.0 Å². The quantitative estimate of drug-likeness (QED) is 0.911. The molecule has 0 saturated heterocycles. The van der Waals surface area contributed by atoms with Gasteiger partial charge >= 0.3 is 5.97 Å². The van der Waals surface area contributed by atoms with Gasteiger partial charge in [-0.25, -0.2) is 4.79 Å². The van der Waals surface area contributed by atoms with Gasteiger partial charge < -0.3 is 14.6 Å². The van der Waals surface area contributed by atoms with Crippen LogP contribution in [0.3, 0.4) is 0 Å². The largest absolute Gasteiger partial charge is 0.496 e. The zero-order chi connectivity index (χ0) is 14.9. The monoisotopic (exact) mass is 338 g/mol. The molecule has 0 spiro atoms. The van der Waals surface area contributed by atoms with Gasteiger partial charge in [-0.1, -0.05) is 15.9 Å². The molecule has 0 heterocycles. The maximum atomic E-state index is 11.2.